The van der Waals surface area contributed by atoms with E-state index in [1.807, 2.05) is 0 Å². The molecule has 0 aliphatic rings. The van der Waals surface area contributed by atoms with Crippen LogP contribution in [0.2, 0.25) is 5.02 Å². The molecule has 3 heterocycles. The number of fused-ring (bicyclic) bond motifs is 2. The molecule has 0 aliphatic heterocycles. The number of ether oxygens (including phenoxy) is 2. The summed E-state index contributed by atoms with van der Waals surface area (Å²) in [5.41, 5.74) is 7.52. The predicted molar refractivity (Wildman–Crippen MR) is 182 cm³/mol. The number of hydrogen-bond acceptors (Lipinski definition) is 9. The van der Waals surface area contributed by atoms with Crippen LogP contribution in [0, 0.1) is 11.6 Å². The first-order valence-electron chi connectivity index (χ1n) is 14.7. The van der Waals surface area contributed by atoms with Crippen LogP contribution in [0.5, 0.6) is 11.6 Å². The van der Waals surface area contributed by atoms with Gasteiger partial charge in [-0.15, -0.1) is 0 Å². The van der Waals surface area contributed by atoms with Crippen molar-refractivity contribution >= 4 is 49.4 Å². The maximum absolute atomic E-state index is 14.3. The normalized spacial score (nSPS) is 12.4. The van der Waals surface area contributed by atoms with Crippen molar-refractivity contribution in [3.05, 3.63) is 111 Å². The lowest BCUT2D eigenvalue weighted by Crippen LogP contribution is -2.30. The molecule has 12 nitrogen and oxygen atoms in total. The molecule has 1 atom stereocenters. The van der Waals surface area contributed by atoms with E-state index in [0.29, 0.717) is 16.8 Å². The second-order valence-electron chi connectivity index (χ2n) is 11.3. The topological polar surface area (TPSA) is 147 Å². The molecule has 0 radical (unpaired) electrons. The first-order chi connectivity index (χ1) is 23.3. The maximum atomic E-state index is 14.3. The van der Waals surface area contributed by atoms with Gasteiger partial charge in [0.25, 0.3) is 5.56 Å². The SMILES string of the molecule is COc1ccc(CN(c2nn(C)c3c(-n4c([C@@H](N)Cc5cc(F)cc(F)c5)nc5nc(OC)ccc5c4=O)ccc(Cl)c23)S(C)(=O)=O)cc1. The van der Waals surface area contributed by atoms with Crippen molar-refractivity contribution in [3.63, 3.8) is 0 Å². The van der Waals surface area contributed by atoms with E-state index >= 15 is 0 Å². The Hall–Kier alpha value is -5.12. The Morgan fingerprint density at radius 3 is 2.29 bits per heavy atom. The number of nitrogens with two attached hydrogens (primary N) is 1. The van der Waals surface area contributed by atoms with E-state index < -0.39 is 33.3 Å². The third-order valence-electron chi connectivity index (χ3n) is 7.91. The molecule has 0 spiro atoms. The van der Waals surface area contributed by atoms with E-state index in [1.54, 1.807) is 37.4 Å². The zero-order valence-electron chi connectivity index (χ0n) is 26.7. The van der Waals surface area contributed by atoms with E-state index in [9.17, 15) is 22.0 Å². The fourth-order valence-corrected chi connectivity index (χ4v) is 6.74. The molecule has 0 unspecified atom stereocenters. The van der Waals surface area contributed by atoms with Gasteiger partial charge in [0, 0.05) is 19.2 Å². The van der Waals surface area contributed by atoms with E-state index in [2.05, 4.69) is 15.1 Å². The van der Waals surface area contributed by atoms with Gasteiger partial charge in [-0.2, -0.15) is 10.1 Å². The number of halogens is 3. The minimum Gasteiger partial charge on any atom is -0.497 e. The standard InChI is InChI=1S/C33H30ClF2N7O5S/c1-41-29-26(11-10-24(34)28(29)32(40-41)42(49(4,45)46)17-18-5-7-22(47-2)8-6-18)43-31(25(37)15-19-13-20(35)16-21(36)14-19)39-30-23(33(43)44)9-12-27(38-30)48-3/h5-14,16,25H,15,17,37H2,1-4H3/t25-/m0/s1. The van der Waals surface area contributed by atoms with E-state index in [1.165, 1.54) is 41.7 Å². The molecule has 2 N–H and O–H groups in total. The third kappa shape index (κ3) is 6.51. The van der Waals surface area contributed by atoms with Crippen molar-refractivity contribution in [3.8, 4) is 17.3 Å². The Morgan fingerprint density at radius 1 is 0.959 bits per heavy atom. The lowest BCUT2D eigenvalue weighted by molar-refractivity contribution is 0.399. The monoisotopic (exact) mass is 709 g/mol. The summed E-state index contributed by atoms with van der Waals surface area (Å²) in [6.07, 6.45) is 0.952. The number of pyridine rings is 1. The van der Waals surface area contributed by atoms with Gasteiger partial charge in [0.2, 0.25) is 15.9 Å². The fourth-order valence-electron chi connectivity index (χ4n) is 5.67. The highest BCUT2D eigenvalue weighted by molar-refractivity contribution is 7.92. The lowest BCUT2D eigenvalue weighted by atomic mass is 10.0. The lowest BCUT2D eigenvalue weighted by Gasteiger charge is -2.21. The van der Waals surface area contributed by atoms with Crippen LogP contribution in [0.1, 0.15) is 23.0 Å². The average Bonchev–Trinajstić information content (AvgIpc) is 3.40. The van der Waals surface area contributed by atoms with E-state index in [0.717, 1.165) is 28.8 Å². The molecule has 16 heteroatoms. The molecule has 3 aromatic heterocycles. The van der Waals surface area contributed by atoms with Crippen LogP contribution in [0.25, 0.3) is 27.6 Å². The Bertz CT molecular complexity index is 2380. The van der Waals surface area contributed by atoms with Crippen LogP contribution in [0.15, 0.2) is 71.5 Å². The van der Waals surface area contributed by atoms with Crippen molar-refractivity contribution in [2.45, 2.75) is 19.0 Å². The average molecular weight is 710 g/mol. The van der Waals surface area contributed by atoms with Gasteiger partial charge in [0.05, 0.1) is 60.1 Å². The first kappa shape index (κ1) is 33.8. The summed E-state index contributed by atoms with van der Waals surface area (Å²) in [6.45, 7) is -0.0825. The summed E-state index contributed by atoms with van der Waals surface area (Å²) < 4.78 is 69.0. The summed E-state index contributed by atoms with van der Waals surface area (Å²) in [5, 5.41) is 5.12. The number of sulfonamides is 1. The summed E-state index contributed by atoms with van der Waals surface area (Å²) in [6, 6.07) is 14.9. The molecule has 0 saturated heterocycles. The smallest absolute Gasteiger partial charge is 0.267 e. The van der Waals surface area contributed by atoms with Gasteiger partial charge < -0.3 is 15.2 Å². The van der Waals surface area contributed by atoms with E-state index in [-0.39, 0.29) is 63.2 Å². The summed E-state index contributed by atoms with van der Waals surface area (Å²) in [7, 11) is 0.603. The van der Waals surface area contributed by atoms with Gasteiger partial charge in [-0.3, -0.25) is 14.0 Å². The minimum absolute atomic E-state index is 0.00694. The van der Waals surface area contributed by atoms with Crippen LogP contribution in [0.4, 0.5) is 14.6 Å². The molecule has 0 aliphatic carbocycles. The predicted octanol–water partition coefficient (Wildman–Crippen LogP) is 4.82. The van der Waals surface area contributed by atoms with Crippen molar-refractivity contribution < 1.29 is 26.7 Å². The third-order valence-corrected chi connectivity index (χ3v) is 9.33. The van der Waals surface area contributed by atoms with Crippen molar-refractivity contribution in [1.29, 1.82) is 0 Å². The molecular formula is C33H30ClF2N7O5S. The van der Waals surface area contributed by atoms with Crippen LogP contribution in [-0.2, 0) is 30.0 Å². The minimum atomic E-state index is -3.93. The van der Waals surface area contributed by atoms with Crippen molar-refractivity contribution in [2.75, 3.05) is 24.8 Å². The molecular weight excluding hydrogens is 680 g/mol. The number of nitrogens with zero attached hydrogens (tertiary/aromatic N) is 6. The van der Waals surface area contributed by atoms with Gasteiger partial charge in [0.15, 0.2) is 11.5 Å². The number of benzene rings is 3. The van der Waals surface area contributed by atoms with Crippen LogP contribution < -0.4 is 25.1 Å². The fraction of sp³-hybridized carbons (Fsp3) is 0.212. The quantitative estimate of drug-likeness (QED) is 0.211. The number of anilines is 1. The zero-order valence-corrected chi connectivity index (χ0v) is 28.3. The molecule has 6 rings (SSSR count). The molecule has 0 bridgehead atoms. The Morgan fingerprint density at radius 2 is 1.65 bits per heavy atom. The van der Waals surface area contributed by atoms with Gasteiger partial charge in [0.1, 0.15) is 23.2 Å². The molecule has 3 aromatic carbocycles. The second-order valence-corrected chi connectivity index (χ2v) is 13.6. The van der Waals surface area contributed by atoms with Crippen LogP contribution in [0.3, 0.4) is 0 Å². The Balaban J connectivity index is 1.59. The second kappa shape index (κ2) is 13.1. The Labute approximate surface area is 284 Å². The number of aryl methyl sites for hydroxylation is 1. The van der Waals surface area contributed by atoms with Gasteiger partial charge in [-0.25, -0.2) is 26.5 Å². The number of hydrogen-bond donors (Lipinski definition) is 1. The maximum Gasteiger partial charge on any atom is 0.267 e. The molecule has 0 saturated carbocycles. The van der Waals surface area contributed by atoms with Crippen molar-refractivity contribution in [2.24, 2.45) is 12.8 Å². The summed E-state index contributed by atoms with van der Waals surface area (Å²) >= 11 is 6.77. The zero-order chi connectivity index (χ0) is 35.2. The highest BCUT2D eigenvalue weighted by atomic mass is 35.5. The van der Waals surface area contributed by atoms with Crippen LogP contribution in [-0.4, -0.2) is 53.2 Å². The summed E-state index contributed by atoms with van der Waals surface area (Å²) in [4.78, 5) is 23.3. The first-order valence-corrected chi connectivity index (χ1v) is 17.0. The highest BCUT2D eigenvalue weighted by Gasteiger charge is 2.29. The van der Waals surface area contributed by atoms with Crippen molar-refractivity contribution in [1.82, 2.24) is 24.3 Å². The van der Waals surface area contributed by atoms with Gasteiger partial charge in [-0.1, -0.05) is 23.7 Å². The molecule has 49 heavy (non-hydrogen) atoms. The van der Waals surface area contributed by atoms with E-state index in [4.69, 9.17) is 26.8 Å². The summed E-state index contributed by atoms with van der Waals surface area (Å²) in [5.74, 6) is -0.741. The molecule has 0 amide bonds. The van der Waals surface area contributed by atoms with Crippen LogP contribution >= 0.6 is 11.6 Å². The number of methoxy groups -OCH3 is 2. The number of rotatable bonds is 10. The van der Waals surface area contributed by atoms with Gasteiger partial charge in [-0.05, 0) is 60.0 Å². The largest absolute Gasteiger partial charge is 0.497 e. The molecule has 254 valence electrons. The molecule has 6 aromatic rings. The molecule has 0 fully saturated rings. The number of aromatic nitrogens is 5. The Kier molecular flexibility index (Phi) is 9.00. The van der Waals surface area contributed by atoms with Gasteiger partial charge >= 0.3 is 0 Å². The highest BCUT2D eigenvalue weighted by Crippen LogP contribution is 2.38.